The molecule has 0 aliphatic rings. The van der Waals surface area contributed by atoms with Crippen LogP contribution in [-0.2, 0) is 4.79 Å². The number of carbonyl (C=O) groups excluding carboxylic acids is 1. The molecule has 0 spiro atoms. The number of nitrogens with zero attached hydrogens (tertiary/aromatic N) is 3. The third-order valence-corrected chi connectivity index (χ3v) is 2.10. The Morgan fingerprint density at radius 2 is 2.29 bits per heavy atom. The van der Waals surface area contributed by atoms with Crippen molar-refractivity contribution in [2.75, 3.05) is 11.9 Å². The van der Waals surface area contributed by atoms with Gasteiger partial charge in [-0.1, -0.05) is 6.07 Å². The summed E-state index contributed by atoms with van der Waals surface area (Å²) in [5, 5.41) is 9.85. The van der Waals surface area contributed by atoms with Crippen LogP contribution in [0.2, 0.25) is 0 Å². The number of aromatic nitrogens is 3. The zero-order valence-electron chi connectivity index (χ0n) is 9.84. The molecule has 0 saturated carbocycles. The molecule has 90 valence electrons. The lowest BCUT2D eigenvalue weighted by Gasteiger charge is -2.07. The van der Waals surface area contributed by atoms with Crippen molar-refractivity contribution >= 4 is 17.5 Å². The van der Waals surface area contributed by atoms with E-state index in [4.69, 9.17) is 0 Å². The molecule has 0 radical (unpaired) electrons. The van der Waals surface area contributed by atoms with Crippen LogP contribution >= 0.6 is 0 Å². The molecule has 0 fully saturated rings. The van der Waals surface area contributed by atoms with E-state index in [1.54, 1.807) is 4.52 Å². The van der Waals surface area contributed by atoms with Gasteiger partial charge < -0.3 is 10.6 Å². The van der Waals surface area contributed by atoms with Crippen LogP contribution < -0.4 is 10.6 Å². The van der Waals surface area contributed by atoms with E-state index in [0.29, 0.717) is 5.95 Å². The van der Waals surface area contributed by atoms with Gasteiger partial charge in [-0.15, -0.1) is 5.10 Å². The second-order valence-corrected chi connectivity index (χ2v) is 4.01. The van der Waals surface area contributed by atoms with Crippen LogP contribution in [0.4, 0.5) is 5.95 Å². The number of pyridine rings is 1. The summed E-state index contributed by atoms with van der Waals surface area (Å²) in [6.45, 7) is 4.01. The molecule has 0 aliphatic heterocycles. The van der Waals surface area contributed by atoms with E-state index < -0.39 is 0 Å². The van der Waals surface area contributed by atoms with Gasteiger partial charge in [0, 0.05) is 12.2 Å². The minimum absolute atomic E-state index is 0.0705. The summed E-state index contributed by atoms with van der Waals surface area (Å²) < 4.78 is 1.66. The normalized spacial score (nSPS) is 10.8. The summed E-state index contributed by atoms with van der Waals surface area (Å²) in [6, 6.07) is 5.75. The van der Waals surface area contributed by atoms with Crippen molar-refractivity contribution in [3.63, 3.8) is 0 Å². The second-order valence-electron chi connectivity index (χ2n) is 4.01. The Kier molecular flexibility index (Phi) is 3.22. The second kappa shape index (κ2) is 4.82. The van der Waals surface area contributed by atoms with Crippen LogP contribution in [-0.4, -0.2) is 33.1 Å². The standard InChI is InChI=1S/C11H15N5O/c1-8(2)13-10(17)7-12-11-14-9-5-3-4-6-16(9)15-11/h3-6,8H,7H2,1-2H3,(H,12,15)(H,13,17). The van der Waals surface area contributed by atoms with Gasteiger partial charge in [-0.2, -0.15) is 4.98 Å². The maximum atomic E-state index is 11.4. The molecule has 0 atom stereocenters. The Morgan fingerprint density at radius 1 is 1.47 bits per heavy atom. The number of amides is 1. The molecule has 0 bridgehead atoms. The fourth-order valence-corrected chi connectivity index (χ4v) is 1.44. The lowest BCUT2D eigenvalue weighted by molar-refractivity contribution is -0.119. The molecule has 2 heterocycles. The number of anilines is 1. The minimum Gasteiger partial charge on any atom is -0.352 e. The number of nitrogens with one attached hydrogen (secondary N) is 2. The Morgan fingerprint density at radius 3 is 3.00 bits per heavy atom. The highest BCUT2D eigenvalue weighted by molar-refractivity contribution is 5.80. The first-order valence-electron chi connectivity index (χ1n) is 5.50. The van der Waals surface area contributed by atoms with Crippen LogP contribution in [0.15, 0.2) is 24.4 Å². The molecule has 2 N–H and O–H groups in total. The SMILES string of the molecule is CC(C)NC(=O)CNc1nc2ccccn2n1. The lowest BCUT2D eigenvalue weighted by Crippen LogP contribution is -2.35. The van der Waals surface area contributed by atoms with Crippen LogP contribution in [0.1, 0.15) is 13.8 Å². The van der Waals surface area contributed by atoms with Crippen LogP contribution in [0.5, 0.6) is 0 Å². The first-order valence-corrected chi connectivity index (χ1v) is 5.50. The Bertz CT molecular complexity index is 486. The average molecular weight is 233 g/mol. The maximum absolute atomic E-state index is 11.4. The molecule has 2 aromatic heterocycles. The largest absolute Gasteiger partial charge is 0.352 e. The number of hydrogen-bond donors (Lipinski definition) is 2. The zero-order chi connectivity index (χ0) is 12.3. The predicted molar refractivity (Wildman–Crippen MR) is 64.8 cm³/mol. The van der Waals surface area contributed by atoms with Crippen molar-refractivity contribution in [2.24, 2.45) is 0 Å². The minimum atomic E-state index is -0.0705. The average Bonchev–Trinajstić information content (AvgIpc) is 2.68. The summed E-state index contributed by atoms with van der Waals surface area (Å²) in [5.41, 5.74) is 0.749. The first kappa shape index (κ1) is 11.4. The van der Waals surface area contributed by atoms with E-state index in [0.717, 1.165) is 5.65 Å². The summed E-state index contributed by atoms with van der Waals surface area (Å²) in [5.74, 6) is 0.383. The number of rotatable bonds is 4. The van der Waals surface area contributed by atoms with Crippen molar-refractivity contribution < 1.29 is 4.79 Å². The smallest absolute Gasteiger partial charge is 0.243 e. The number of fused-ring (bicyclic) bond motifs is 1. The molecule has 2 aromatic rings. The molecule has 17 heavy (non-hydrogen) atoms. The highest BCUT2D eigenvalue weighted by atomic mass is 16.1. The van der Waals surface area contributed by atoms with E-state index in [1.165, 1.54) is 0 Å². The lowest BCUT2D eigenvalue weighted by atomic mass is 10.4. The summed E-state index contributed by atoms with van der Waals surface area (Å²) in [6.07, 6.45) is 1.81. The molecule has 0 aliphatic carbocycles. The Hall–Kier alpha value is -2.11. The van der Waals surface area contributed by atoms with Crippen molar-refractivity contribution in [1.82, 2.24) is 19.9 Å². The number of carbonyl (C=O) groups is 1. The van der Waals surface area contributed by atoms with Gasteiger partial charge in [-0.3, -0.25) is 4.79 Å². The van der Waals surface area contributed by atoms with Gasteiger partial charge in [-0.25, -0.2) is 4.52 Å². The van der Waals surface area contributed by atoms with Crippen molar-refractivity contribution in [1.29, 1.82) is 0 Å². The van der Waals surface area contributed by atoms with Gasteiger partial charge in [0.15, 0.2) is 5.65 Å². The van der Waals surface area contributed by atoms with Crippen LogP contribution in [0.3, 0.4) is 0 Å². The highest BCUT2D eigenvalue weighted by Crippen LogP contribution is 2.03. The molecule has 6 nitrogen and oxygen atoms in total. The van der Waals surface area contributed by atoms with Gasteiger partial charge in [0.1, 0.15) is 0 Å². The van der Waals surface area contributed by atoms with E-state index in [1.807, 2.05) is 38.2 Å². The Labute approximate surface area is 99.0 Å². The van der Waals surface area contributed by atoms with Gasteiger partial charge >= 0.3 is 0 Å². The van der Waals surface area contributed by atoms with Crippen LogP contribution in [0.25, 0.3) is 5.65 Å². The monoisotopic (exact) mass is 233 g/mol. The van der Waals surface area contributed by atoms with Crippen molar-refractivity contribution in [3.8, 4) is 0 Å². The van der Waals surface area contributed by atoms with Gasteiger partial charge in [0.05, 0.1) is 6.54 Å². The molecular weight excluding hydrogens is 218 g/mol. The summed E-state index contributed by atoms with van der Waals surface area (Å²) in [7, 11) is 0. The molecule has 0 unspecified atom stereocenters. The van der Waals surface area contributed by atoms with E-state index in [9.17, 15) is 4.79 Å². The topological polar surface area (TPSA) is 71.3 Å². The summed E-state index contributed by atoms with van der Waals surface area (Å²) in [4.78, 5) is 15.6. The van der Waals surface area contributed by atoms with Crippen molar-refractivity contribution in [2.45, 2.75) is 19.9 Å². The maximum Gasteiger partial charge on any atom is 0.243 e. The molecule has 0 saturated heterocycles. The third kappa shape index (κ3) is 2.93. The third-order valence-electron chi connectivity index (χ3n) is 2.10. The first-order chi connectivity index (χ1) is 8.15. The summed E-state index contributed by atoms with van der Waals surface area (Å²) >= 11 is 0. The number of hydrogen-bond acceptors (Lipinski definition) is 4. The van der Waals surface area contributed by atoms with Gasteiger partial charge in [0.25, 0.3) is 0 Å². The quantitative estimate of drug-likeness (QED) is 0.814. The van der Waals surface area contributed by atoms with E-state index in [2.05, 4.69) is 20.7 Å². The molecule has 6 heteroatoms. The Balaban J connectivity index is 1.97. The molecular formula is C11H15N5O. The van der Waals surface area contributed by atoms with Crippen LogP contribution in [0, 0.1) is 0 Å². The van der Waals surface area contributed by atoms with Gasteiger partial charge in [0.2, 0.25) is 11.9 Å². The predicted octanol–water partition coefficient (Wildman–Crippen LogP) is 0.666. The fourth-order valence-electron chi connectivity index (χ4n) is 1.44. The fraction of sp³-hybridized carbons (Fsp3) is 0.364. The van der Waals surface area contributed by atoms with Gasteiger partial charge in [-0.05, 0) is 26.0 Å². The van der Waals surface area contributed by atoms with E-state index in [-0.39, 0.29) is 18.5 Å². The molecule has 0 aromatic carbocycles. The molecule has 2 rings (SSSR count). The zero-order valence-corrected chi connectivity index (χ0v) is 9.84. The van der Waals surface area contributed by atoms with E-state index >= 15 is 0 Å². The molecule has 1 amide bonds. The highest BCUT2D eigenvalue weighted by Gasteiger charge is 2.06. The van der Waals surface area contributed by atoms with Crippen molar-refractivity contribution in [3.05, 3.63) is 24.4 Å².